The van der Waals surface area contributed by atoms with Gasteiger partial charge in [-0.2, -0.15) is 0 Å². The van der Waals surface area contributed by atoms with E-state index >= 15 is 0 Å². The highest BCUT2D eigenvalue weighted by atomic mass is 28.4. The second kappa shape index (κ2) is 4.77. The van der Waals surface area contributed by atoms with Crippen molar-refractivity contribution >= 4 is 8.32 Å². The third kappa shape index (κ3) is 3.25. The predicted octanol–water partition coefficient (Wildman–Crippen LogP) is 3.52. The van der Waals surface area contributed by atoms with Crippen LogP contribution in [0.15, 0.2) is 12.2 Å². The SMILES string of the molecule is C=C(CO[Si](C)(C)C(C)(C)C)CN1CC2CC2C1. The van der Waals surface area contributed by atoms with Crippen LogP contribution in [0.2, 0.25) is 18.1 Å². The van der Waals surface area contributed by atoms with Crippen molar-refractivity contribution in [3.63, 3.8) is 0 Å². The average molecular weight is 267 g/mol. The van der Waals surface area contributed by atoms with Crippen molar-refractivity contribution in [1.29, 1.82) is 0 Å². The molecule has 104 valence electrons. The minimum atomic E-state index is -1.61. The summed E-state index contributed by atoms with van der Waals surface area (Å²) in [7, 11) is -1.61. The molecule has 0 N–H and O–H groups in total. The van der Waals surface area contributed by atoms with E-state index in [1.54, 1.807) is 0 Å². The summed E-state index contributed by atoms with van der Waals surface area (Å²) in [5.41, 5.74) is 1.25. The van der Waals surface area contributed by atoms with Crippen LogP contribution >= 0.6 is 0 Å². The van der Waals surface area contributed by atoms with Crippen LogP contribution in [0.4, 0.5) is 0 Å². The van der Waals surface area contributed by atoms with Crippen molar-refractivity contribution in [2.45, 2.75) is 45.3 Å². The van der Waals surface area contributed by atoms with E-state index in [1.807, 2.05) is 0 Å². The quantitative estimate of drug-likeness (QED) is 0.558. The lowest BCUT2D eigenvalue weighted by Gasteiger charge is -2.36. The summed E-state index contributed by atoms with van der Waals surface area (Å²) in [5, 5.41) is 0.294. The Balaban J connectivity index is 1.71. The van der Waals surface area contributed by atoms with Crippen LogP contribution in [0.25, 0.3) is 0 Å². The molecule has 0 aromatic heterocycles. The normalized spacial score (nSPS) is 28.3. The van der Waals surface area contributed by atoms with Crippen LogP contribution in [0.5, 0.6) is 0 Å². The summed E-state index contributed by atoms with van der Waals surface area (Å²) in [5.74, 6) is 2.03. The van der Waals surface area contributed by atoms with Crippen molar-refractivity contribution in [3.8, 4) is 0 Å². The highest BCUT2D eigenvalue weighted by Gasteiger charge is 2.44. The van der Waals surface area contributed by atoms with Gasteiger partial charge in [-0.05, 0) is 42.0 Å². The largest absolute Gasteiger partial charge is 0.413 e. The van der Waals surface area contributed by atoms with Crippen molar-refractivity contribution in [3.05, 3.63) is 12.2 Å². The molecule has 0 aromatic carbocycles. The zero-order chi connectivity index (χ0) is 13.6. The van der Waals surface area contributed by atoms with Gasteiger partial charge < -0.3 is 4.43 Å². The van der Waals surface area contributed by atoms with Gasteiger partial charge >= 0.3 is 0 Å². The molecule has 2 atom stereocenters. The monoisotopic (exact) mass is 267 g/mol. The lowest BCUT2D eigenvalue weighted by atomic mass is 10.2. The van der Waals surface area contributed by atoms with Crippen LogP contribution in [-0.4, -0.2) is 39.5 Å². The smallest absolute Gasteiger partial charge is 0.192 e. The molecule has 0 radical (unpaired) electrons. The Kier molecular flexibility index (Phi) is 3.78. The maximum absolute atomic E-state index is 6.22. The van der Waals surface area contributed by atoms with Crippen molar-refractivity contribution in [1.82, 2.24) is 4.90 Å². The number of piperidine rings is 1. The summed E-state index contributed by atoms with van der Waals surface area (Å²) < 4.78 is 6.22. The van der Waals surface area contributed by atoms with Gasteiger partial charge in [0.15, 0.2) is 8.32 Å². The van der Waals surface area contributed by atoms with Gasteiger partial charge in [0.2, 0.25) is 0 Å². The molecule has 2 fully saturated rings. The van der Waals surface area contributed by atoms with Gasteiger partial charge in [0.25, 0.3) is 0 Å². The minimum Gasteiger partial charge on any atom is -0.413 e. The van der Waals surface area contributed by atoms with E-state index in [0.29, 0.717) is 5.04 Å². The van der Waals surface area contributed by atoms with Gasteiger partial charge in [0.1, 0.15) is 0 Å². The van der Waals surface area contributed by atoms with Gasteiger partial charge in [-0.1, -0.05) is 27.4 Å². The lowest BCUT2D eigenvalue weighted by molar-refractivity contribution is 0.283. The topological polar surface area (TPSA) is 12.5 Å². The predicted molar refractivity (Wildman–Crippen MR) is 80.3 cm³/mol. The molecule has 18 heavy (non-hydrogen) atoms. The van der Waals surface area contributed by atoms with Gasteiger partial charge in [-0.25, -0.2) is 0 Å². The molecular weight excluding hydrogens is 238 g/mol. The lowest BCUT2D eigenvalue weighted by Crippen LogP contribution is -2.41. The standard InChI is InChI=1S/C15H29NOSi/c1-12(8-16-9-13-7-14(13)10-16)11-17-18(5,6)15(2,3)4/h13-14H,1,7-11H2,2-6H3. The Bertz CT molecular complexity index is 322. The second-order valence-electron chi connectivity index (χ2n) is 7.75. The van der Waals surface area contributed by atoms with Crippen molar-refractivity contribution < 1.29 is 4.43 Å². The van der Waals surface area contributed by atoms with E-state index in [2.05, 4.69) is 45.3 Å². The zero-order valence-electron chi connectivity index (χ0n) is 12.8. The Morgan fingerprint density at radius 2 is 1.83 bits per heavy atom. The maximum Gasteiger partial charge on any atom is 0.192 e. The second-order valence-corrected chi connectivity index (χ2v) is 12.6. The van der Waals surface area contributed by atoms with Crippen LogP contribution in [0.3, 0.4) is 0 Å². The number of hydrogen-bond donors (Lipinski definition) is 0. The molecule has 3 heteroatoms. The summed E-state index contributed by atoms with van der Waals surface area (Å²) in [6.07, 6.45) is 1.48. The summed E-state index contributed by atoms with van der Waals surface area (Å²) in [6, 6.07) is 0. The molecule has 1 saturated carbocycles. The third-order valence-electron chi connectivity index (χ3n) is 4.94. The molecule has 2 nitrogen and oxygen atoms in total. The molecule has 0 spiro atoms. The van der Waals surface area contributed by atoms with Crippen LogP contribution in [0.1, 0.15) is 27.2 Å². The summed E-state index contributed by atoms with van der Waals surface area (Å²) in [6.45, 7) is 20.1. The number of hydrogen-bond acceptors (Lipinski definition) is 2. The highest BCUT2D eigenvalue weighted by molar-refractivity contribution is 6.74. The van der Waals surface area contributed by atoms with E-state index in [-0.39, 0.29) is 0 Å². The molecule has 2 rings (SSSR count). The highest BCUT2D eigenvalue weighted by Crippen LogP contribution is 2.45. The summed E-state index contributed by atoms with van der Waals surface area (Å²) in [4.78, 5) is 2.55. The minimum absolute atomic E-state index is 0.294. The molecule has 2 aliphatic rings. The van der Waals surface area contributed by atoms with E-state index in [9.17, 15) is 0 Å². The Labute approximate surface area is 114 Å². The first-order valence-electron chi connectivity index (χ1n) is 7.22. The number of fused-ring (bicyclic) bond motifs is 1. The van der Waals surface area contributed by atoms with E-state index in [4.69, 9.17) is 4.43 Å². The maximum atomic E-state index is 6.22. The Morgan fingerprint density at radius 3 is 2.33 bits per heavy atom. The zero-order valence-corrected chi connectivity index (χ0v) is 13.8. The molecule has 1 saturated heterocycles. The molecule has 0 amide bonds. The van der Waals surface area contributed by atoms with Gasteiger partial charge in [0, 0.05) is 19.6 Å². The fraction of sp³-hybridized carbons (Fsp3) is 0.867. The van der Waals surface area contributed by atoms with Gasteiger partial charge in [0.05, 0.1) is 6.61 Å². The number of rotatable bonds is 5. The fourth-order valence-corrected chi connectivity index (χ4v) is 3.48. The first kappa shape index (κ1) is 14.3. The van der Waals surface area contributed by atoms with E-state index in [0.717, 1.165) is 25.0 Å². The van der Waals surface area contributed by atoms with Gasteiger partial charge in [-0.15, -0.1) is 0 Å². The van der Waals surface area contributed by atoms with Gasteiger partial charge in [-0.3, -0.25) is 4.90 Å². The fourth-order valence-electron chi connectivity index (χ4n) is 2.49. The van der Waals surface area contributed by atoms with E-state index in [1.165, 1.54) is 25.1 Å². The Morgan fingerprint density at radius 1 is 1.28 bits per heavy atom. The van der Waals surface area contributed by atoms with Crippen LogP contribution < -0.4 is 0 Å². The van der Waals surface area contributed by atoms with Crippen LogP contribution in [-0.2, 0) is 4.43 Å². The third-order valence-corrected chi connectivity index (χ3v) is 9.42. The number of likely N-dealkylation sites (tertiary alicyclic amines) is 1. The Hall–Kier alpha value is -0.123. The molecule has 1 aliphatic carbocycles. The van der Waals surface area contributed by atoms with E-state index < -0.39 is 8.32 Å². The van der Waals surface area contributed by atoms with Crippen molar-refractivity contribution in [2.24, 2.45) is 11.8 Å². The molecule has 0 aromatic rings. The molecule has 1 heterocycles. The first-order valence-corrected chi connectivity index (χ1v) is 10.1. The molecule has 2 unspecified atom stereocenters. The summed E-state index contributed by atoms with van der Waals surface area (Å²) >= 11 is 0. The van der Waals surface area contributed by atoms with Crippen molar-refractivity contribution in [2.75, 3.05) is 26.2 Å². The molecular formula is C15H29NOSi. The molecule has 1 aliphatic heterocycles. The first-order chi connectivity index (χ1) is 8.19. The average Bonchev–Trinajstić information content (AvgIpc) is 2.82. The molecule has 0 bridgehead atoms. The number of nitrogens with zero attached hydrogens (tertiary/aromatic N) is 1. The van der Waals surface area contributed by atoms with Crippen LogP contribution in [0, 0.1) is 11.8 Å².